The van der Waals surface area contributed by atoms with Crippen LogP contribution in [0.2, 0.25) is 5.02 Å². The zero-order valence-electron chi connectivity index (χ0n) is 21.5. The van der Waals surface area contributed by atoms with E-state index in [4.69, 9.17) is 21.1 Å². The van der Waals surface area contributed by atoms with Gasteiger partial charge in [0.2, 0.25) is 5.91 Å². The number of carbonyl (C=O) groups is 2. The number of hydrogen-bond acceptors (Lipinski definition) is 7. The first kappa shape index (κ1) is 27.2. The molecule has 0 unspecified atom stereocenters. The normalized spacial score (nSPS) is 10.8. The Labute approximate surface area is 240 Å². The molecule has 0 saturated carbocycles. The number of amides is 1. The minimum Gasteiger partial charge on any atom is -0.485 e. The minimum absolute atomic E-state index is 0.0620. The molecule has 0 fully saturated rings. The molecule has 1 N–H and O–H groups in total. The molecule has 0 saturated heterocycles. The molecule has 0 aliphatic heterocycles. The molecule has 4 aromatic carbocycles. The van der Waals surface area contributed by atoms with Crippen LogP contribution in [0.3, 0.4) is 0 Å². The third kappa shape index (κ3) is 6.44. The summed E-state index contributed by atoms with van der Waals surface area (Å²) in [6.07, 6.45) is 0. The van der Waals surface area contributed by atoms with Crippen LogP contribution >= 0.6 is 23.4 Å². The maximum absolute atomic E-state index is 12.8. The molecule has 8 nitrogen and oxygen atoms in total. The molecule has 0 bridgehead atoms. The smallest absolute Gasteiger partial charge is 0.338 e. The van der Waals surface area contributed by atoms with Crippen LogP contribution in [-0.2, 0) is 16.1 Å². The Morgan fingerprint density at radius 3 is 2.60 bits per heavy atom. The van der Waals surface area contributed by atoms with Crippen LogP contribution in [0.25, 0.3) is 16.5 Å². The van der Waals surface area contributed by atoms with Gasteiger partial charge in [-0.05, 0) is 54.8 Å². The molecule has 0 spiro atoms. The van der Waals surface area contributed by atoms with Gasteiger partial charge in [0.05, 0.1) is 23.6 Å². The second kappa shape index (κ2) is 12.7. The van der Waals surface area contributed by atoms with Crippen molar-refractivity contribution in [3.8, 4) is 11.4 Å². The van der Waals surface area contributed by atoms with Crippen LogP contribution in [0.15, 0.2) is 96.2 Å². The maximum atomic E-state index is 12.8. The highest BCUT2D eigenvalue weighted by Gasteiger charge is 2.18. The number of rotatable bonds is 10. The summed E-state index contributed by atoms with van der Waals surface area (Å²) in [4.78, 5) is 24.8. The van der Waals surface area contributed by atoms with E-state index in [1.807, 2.05) is 59.2 Å². The number of anilines is 1. The number of aromatic nitrogens is 3. The summed E-state index contributed by atoms with van der Waals surface area (Å²) in [5.41, 5.74) is 1.61. The summed E-state index contributed by atoms with van der Waals surface area (Å²) in [6, 6.07) is 27.8. The SMILES string of the molecule is CCOC(=O)c1cccc(NC(=O)CSc2nnc(COc3cccc4ccccc34)n2-c2cccc(Cl)c2)c1. The Morgan fingerprint density at radius 1 is 0.950 bits per heavy atom. The Morgan fingerprint density at radius 2 is 1.75 bits per heavy atom. The van der Waals surface area contributed by atoms with Crippen LogP contribution in [0.5, 0.6) is 5.75 Å². The Kier molecular flexibility index (Phi) is 8.63. The first-order valence-electron chi connectivity index (χ1n) is 12.5. The van der Waals surface area contributed by atoms with Crippen LogP contribution in [-0.4, -0.2) is 39.0 Å². The van der Waals surface area contributed by atoms with Crippen LogP contribution in [0.4, 0.5) is 5.69 Å². The van der Waals surface area contributed by atoms with Gasteiger partial charge in [-0.15, -0.1) is 10.2 Å². The Balaban J connectivity index is 1.33. The van der Waals surface area contributed by atoms with Gasteiger partial charge in [0.1, 0.15) is 12.4 Å². The Hall–Kier alpha value is -4.34. The zero-order chi connectivity index (χ0) is 27.9. The molecule has 202 valence electrons. The van der Waals surface area contributed by atoms with E-state index in [2.05, 4.69) is 15.5 Å². The fourth-order valence-corrected chi connectivity index (χ4v) is 5.05. The number of hydrogen-bond donors (Lipinski definition) is 1. The van der Waals surface area contributed by atoms with Crippen molar-refractivity contribution in [3.63, 3.8) is 0 Å². The molecule has 1 heterocycles. The lowest BCUT2D eigenvalue weighted by Crippen LogP contribution is -2.15. The van der Waals surface area contributed by atoms with Gasteiger partial charge in [-0.3, -0.25) is 9.36 Å². The number of fused-ring (bicyclic) bond motifs is 1. The fraction of sp³-hybridized carbons (Fsp3) is 0.133. The first-order chi connectivity index (χ1) is 19.5. The van der Waals surface area contributed by atoms with Crippen molar-refractivity contribution in [1.82, 2.24) is 14.8 Å². The van der Waals surface area contributed by atoms with E-state index in [9.17, 15) is 9.59 Å². The highest BCUT2D eigenvalue weighted by molar-refractivity contribution is 7.99. The highest BCUT2D eigenvalue weighted by atomic mass is 35.5. The van der Waals surface area contributed by atoms with Gasteiger partial charge in [-0.1, -0.05) is 71.9 Å². The molecular weight excluding hydrogens is 548 g/mol. The van der Waals surface area contributed by atoms with Crippen LogP contribution in [0, 0.1) is 0 Å². The molecule has 5 aromatic rings. The van der Waals surface area contributed by atoms with Gasteiger partial charge in [0.15, 0.2) is 11.0 Å². The third-order valence-corrected chi connectivity index (χ3v) is 7.03. The largest absolute Gasteiger partial charge is 0.485 e. The van der Waals surface area contributed by atoms with E-state index in [1.165, 1.54) is 11.8 Å². The van der Waals surface area contributed by atoms with E-state index in [0.29, 0.717) is 27.3 Å². The minimum atomic E-state index is -0.444. The average molecular weight is 573 g/mol. The van der Waals surface area contributed by atoms with Gasteiger partial charge in [0.25, 0.3) is 0 Å². The number of carbonyl (C=O) groups excluding carboxylic acids is 2. The van der Waals surface area contributed by atoms with E-state index < -0.39 is 5.97 Å². The van der Waals surface area contributed by atoms with Crippen LogP contribution in [0.1, 0.15) is 23.1 Å². The van der Waals surface area contributed by atoms with Crippen LogP contribution < -0.4 is 10.1 Å². The molecule has 10 heteroatoms. The molecule has 40 heavy (non-hydrogen) atoms. The van der Waals surface area contributed by atoms with Crippen molar-refractivity contribution in [1.29, 1.82) is 0 Å². The monoisotopic (exact) mass is 572 g/mol. The van der Waals surface area contributed by atoms with E-state index in [-0.39, 0.29) is 24.9 Å². The number of esters is 1. The lowest BCUT2D eigenvalue weighted by molar-refractivity contribution is -0.113. The molecule has 0 aliphatic carbocycles. The maximum Gasteiger partial charge on any atom is 0.338 e. The summed E-state index contributed by atoms with van der Waals surface area (Å²) < 4.78 is 13.0. The number of nitrogens with one attached hydrogen (secondary N) is 1. The van der Waals surface area contributed by atoms with Gasteiger partial charge >= 0.3 is 5.97 Å². The predicted molar refractivity (Wildman–Crippen MR) is 156 cm³/mol. The van der Waals surface area contributed by atoms with Crippen molar-refractivity contribution in [2.75, 3.05) is 17.7 Å². The van der Waals surface area contributed by atoms with Crippen molar-refractivity contribution in [2.45, 2.75) is 18.7 Å². The lowest BCUT2D eigenvalue weighted by Gasteiger charge is -2.13. The number of benzene rings is 4. The van der Waals surface area contributed by atoms with E-state index in [0.717, 1.165) is 22.2 Å². The molecular formula is C30H25ClN4O4S. The van der Waals surface area contributed by atoms with Crippen molar-refractivity contribution in [3.05, 3.63) is 107 Å². The Bertz CT molecular complexity index is 1670. The number of thioether (sulfide) groups is 1. The number of ether oxygens (including phenoxy) is 2. The predicted octanol–water partition coefficient (Wildman–Crippen LogP) is 6.56. The fourth-order valence-electron chi connectivity index (χ4n) is 4.09. The molecule has 0 aliphatic rings. The molecule has 1 aromatic heterocycles. The second-order valence-corrected chi connectivity index (χ2v) is 10.00. The molecule has 0 atom stereocenters. The van der Waals surface area contributed by atoms with Gasteiger partial charge in [-0.25, -0.2) is 4.79 Å². The quantitative estimate of drug-likeness (QED) is 0.149. The molecule has 5 rings (SSSR count). The highest BCUT2D eigenvalue weighted by Crippen LogP contribution is 2.28. The molecule has 1 amide bonds. The van der Waals surface area contributed by atoms with E-state index in [1.54, 1.807) is 43.3 Å². The zero-order valence-corrected chi connectivity index (χ0v) is 23.1. The van der Waals surface area contributed by atoms with Crippen molar-refractivity contribution < 1.29 is 19.1 Å². The number of nitrogens with zero attached hydrogens (tertiary/aromatic N) is 3. The van der Waals surface area contributed by atoms with Crippen molar-refractivity contribution in [2.24, 2.45) is 0 Å². The summed E-state index contributed by atoms with van der Waals surface area (Å²) in [6.45, 7) is 2.17. The first-order valence-corrected chi connectivity index (χ1v) is 13.9. The summed E-state index contributed by atoms with van der Waals surface area (Å²) in [5, 5.41) is 14.7. The summed E-state index contributed by atoms with van der Waals surface area (Å²) in [5.74, 6) is 0.644. The standard InChI is InChI=1S/C30H25ClN4O4S/c1-2-38-29(37)21-10-5-12-23(16-21)32-28(36)19-40-30-34-33-27(35(30)24-13-7-11-22(31)17-24)18-39-26-15-6-9-20-8-3-4-14-25(20)26/h3-17H,2,18-19H2,1H3,(H,32,36). The van der Waals surface area contributed by atoms with E-state index >= 15 is 0 Å². The van der Waals surface area contributed by atoms with Gasteiger partial charge in [0, 0.05) is 16.1 Å². The van der Waals surface area contributed by atoms with Gasteiger partial charge < -0.3 is 14.8 Å². The summed E-state index contributed by atoms with van der Waals surface area (Å²) in [7, 11) is 0. The molecule has 0 radical (unpaired) electrons. The topological polar surface area (TPSA) is 95.3 Å². The number of halogens is 1. The third-order valence-electron chi connectivity index (χ3n) is 5.86. The summed E-state index contributed by atoms with van der Waals surface area (Å²) >= 11 is 7.51. The van der Waals surface area contributed by atoms with Gasteiger partial charge in [-0.2, -0.15) is 0 Å². The second-order valence-electron chi connectivity index (χ2n) is 8.62. The average Bonchev–Trinajstić information content (AvgIpc) is 3.38. The lowest BCUT2D eigenvalue weighted by atomic mass is 10.1. The van der Waals surface area contributed by atoms with Crippen molar-refractivity contribution >= 4 is 51.7 Å².